The Morgan fingerprint density at radius 1 is 0.860 bits per heavy atom. The molecule has 6 rings (SSSR count). The van der Waals surface area contributed by atoms with Crippen molar-refractivity contribution in [3.8, 4) is 0 Å². The van der Waals surface area contributed by atoms with Crippen molar-refractivity contribution < 1.29 is 19.4 Å². The second kappa shape index (κ2) is 15.6. The molecule has 10 heteroatoms. The van der Waals surface area contributed by atoms with E-state index in [2.05, 4.69) is 38.7 Å². The van der Waals surface area contributed by atoms with E-state index in [1.807, 2.05) is 49.9 Å². The van der Waals surface area contributed by atoms with Gasteiger partial charge in [0.1, 0.15) is 5.60 Å². The summed E-state index contributed by atoms with van der Waals surface area (Å²) >= 11 is 6.30. The molecular formula is C40H56ClN5O4. The number of carbonyl (C=O) groups is 2. The number of likely N-dealkylation sites (tertiary alicyclic amines) is 1. The molecule has 0 bridgehead atoms. The number of carboxylic acid groups (broad SMARTS) is 1. The van der Waals surface area contributed by atoms with Crippen LogP contribution in [0.15, 0.2) is 54.1 Å². The number of piperidine rings is 1. The highest BCUT2D eigenvalue weighted by Crippen LogP contribution is 2.44. The maximum Gasteiger partial charge on any atom is 0.410 e. The van der Waals surface area contributed by atoms with E-state index in [4.69, 9.17) is 16.3 Å². The highest BCUT2D eigenvalue weighted by molar-refractivity contribution is 6.30. The zero-order valence-corrected chi connectivity index (χ0v) is 31.3. The Kier molecular flexibility index (Phi) is 11.5. The van der Waals surface area contributed by atoms with E-state index in [0.717, 1.165) is 102 Å². The second-order valence-electron chi connectivity index (χ2n) is 16.2. The topological polar surface area (TPSA) is 79.8 Å². The number of hydrogen-bond donors (Lipinski definition) is 1. The smallest absolute Gasteiger partial charge is 0.410 e. The minimum Gasteiger partial charge on any atom is -0.478 e. The van der Waals surface area contributed by atoms with Gasteiger partial charge in [-0.3, -0.25) is 9.80 Å². The molecule has 1 N–H and O–H groups in total. The molecule has 1 aliphatic carbocycles. The van der Waals surface area contributed by atoms with Crippen LogP contribution < -0.4 is 4.90 Å². The fraction of sp³-hybridized carbons (Fsp3) is 0.600. The summed E-state index contributed by atoms with van der Waals surface area (Å²) in [6.45, 7) is 19.8. The summed E-state index contributed by atoms with van der Waals surface area (Å²) in [6.07, 6.45) is 5.55. The average Bonchev–Trinajstić information content (AvgIpc) is 3.09. The lowest BCUT2D eigenvalue weighted by molar-refractivity contribution is 0.00426. The lowest BCUT2D eigenvalue weighted by Crippen LogP contribution is -2.55. The molecule has 3 aliphatic heterocycles. The first-order valence-electron chi connectivity index (χ1n) is 18.6. The maximum absolute atomic E-state index is 12.6. The first-order chi connectivity index (χ1) is 23.8. The van der Waals surface area contributed by atoms with Crippen LogP contribution in [0, 0.1) is 5.41 Å². The predicted octanol–water partition coefficient (Wildman–Crippen LogP) is 6.82. The predicted molar refractivity (Wildman–Crippen MR) is 201 cm³/mol. The van der Waals surface area contributed by atoms with Crippen molar-refractivity contribution in [1.82, 2.24) is 19.6 Å². The number of carboxylic acids is 1. The van der Waals surface area contributed by atoms with Gasteiger partial charge in [-0.15, -0.1) is 0 Å². The minimum absolute atomic E-state index is 0.188. The van der Waals surface area contributed by atoms with Crippen LogP contribution in [-0.2, 0) is 4.74 Å². The van der Waals surface area contributed by atoms with E-state index in [9.17, 15) is 14.7 Å². The molecule has 4 aliphatic rings. The third-order valence-electron chi connectivity index (χ3n) is 11.1. The lowest BCUT2D eigenvalue weighted by atomic mass is 9.71. The standard InChI is InChI=1S/C40H56ClN5O4/c1-39(2,3)50-38(49)46-25-23-45(24-26-46)35-14-17-43(18-15-35)29-40(4)16-13-36(30-5-9-33(41)10-6-30)32(27-40)28-42-19-21-44(22-20-42)34-11-7-31(8-12-34)37(47)48/h5-12,35H,13-29H2,1-4H3,(H,47,48)/t40-/m1/s1. The quantitative estimate of drug-likeness (QED) is 0.321. The Balaban J connectivity index is 1.04. The summed E-state index contributed by atoms with van der Waals surface area (Å²) in [4.78, 5) is 36.0. The van der Waals surface area contributed by atoms with Gasteiger partial charge >= 0.3 is 12.1 Å². The van der Waals surface area contributed by atoms with Crippen LogP contribution in [0.4, 0.5) is 10.5 Å². The van der Waals surface area contributed by atoms with Crippen LogP contribution in [0.5, 0.6) is 0 Å². The third kappa shape index (κ3) is 9.40. The number of allylic oxidation sites excluding steroid dienone is 1. The van der Waals surface area contributed by atoms with Crippen molar-refractivity contribution in [3.05, 3.63) is 70.3 Å². The first kappa shape index (κ1) is 36.7. The Labute approximate surface area is 303 Å². The van der Waals surface area contributed by atoms with E-state index in [1.165, 1.54) is 30.4 Å². The van der Waals surface area contributed by atoms with Gasteiger partial charge in [0.05, 0.1) is 5.56 Å². The van der Waals surface area contributed by atoms with Crippen molar-refractivity contribution in [2.45, 2.75) is 71.4 Å². The molecule has 9 nitrogen and oxygen atoms in total. The fourth-order valence-corrected chi connectivity index (χ4v) is 8.55. The molecule has 0 radical (unpaired) electrons. The summed E-state index contributed by atoms with van der Waals surface area (Å²) in [5.41, 5.74) is 5.55. The van der Waals surface area contributed by atoms with Crippen LogP contribution in [0.2, 0.25) is 5.02 Å². The minimum atomic E-state index is -0.887. The van der Waals surface area contributed by atoms with Crippen molar-refractivity contribution in [2.24, 2.45) is 5.41 Å². The summed E-state index contributed by atoms with van der Waals surface area (Å²) in [5.74, 6) is -0.887. The summed E-state index contributed by atoms with van der Waals surface area (Å²) in [7, 11) is 0. The molecule has 3 fully saturated rings. The van der Waals surface area contributed by atoms with Gasteiger partial charge in [-0.05, 0) is 119 Å². The Hall–Kier alpha value is -3.11. The Morgan fingerprint density at radius 2 is 1.50 bits per heavy atom. The number of piperazine rings is 2. The number of rotatable bonds is 8. The van der Waals surface area contributed by atoms with Gasteiger partial charge in [0.15, 0.2) is 0 Å². The third-order valence-corrected chi connectivity index (χ3v) is 11.4. The highest BCUT2D eigenvalue weighted by Gasteiger charge is 2.37. The SMILES string of the molecule is CC(C)(C)OC(=O)N1CCN(C2CCN(C[C@]3(C)CCC(c4ccc(Cl)cc4)=C(CN4CCN(c5ccc(C(=O)O)cc5)CC4)C3)CC2)CC1. The van der Waals surface area contributed by atoms with Crippen LogP contribution in [0.25, 0.3) is 5.57 Å². The molecule has 272 valence electrons. The monoisotopic (exact) mass is 705 g/mol. The first-order valence-corrected chi connectivity index (χ1v) is 18.9. The van der Waals surface area contributed by atoms with Crippen molar-refractivity contribution in [2.75, 3.05) is 83.4 Å². The molecule has 2 aromatic rings. The van der Waals surface area contributed by atoms with Crippen LogP contribution in [-0.4, -0.2) is 127 Å². The van der Waals surface area contributed by atoms with E-state index in [-0.39, 0.29) is 11.5 Å². The number of ether oxygens (including phenoxy) is 1. The number of benzene rings is 2. The zero-order chi connectivity index (χ0) is 35.5. The number of nitrogens with zero attached hydrogens (tertiary/aromatic N) is 5. The summed E-state index contributed by atoms with van der Waals surface area (Å²) in [5, 5.41) is 10.1. The van der Waals surface area contributed by atoms with Crippen molar-refractivity contribution >= 4 is 34.9 Å². The fourth-order valence-electron chi connectivity index (χ4n) is 8.43. The number of amides is 1. The van der Waals surface area contributed by atoms with Gasteiger partial charge in [0, 0.05) is 82.2 Å². The van der Waals surface area contributed by atoms with Gasteiger partial charge in [-0.25, -0.2) is 9.59 Å². The van der Waals surface area contributed by atoms with Crippen molar-refractivity contribution in [3.63, 3.8) is 0 Å². The van der Waals surface area contributed by atoms with E-state index in [1.54, 1.807) is 17.7 Å². The van der Waals surface area contributed by atoms with E-state index in [0.29, 0.717) is 11.6 Å². The highest BCUT2D eigenvalue weighted by atomic mass is 35.5. The van der Waals surface area contributed by atoms with Gasteiger partial charge in [-0.1, -0.05) is 36.2 Å². The van der Waals surface area contributed by atoms with E-state index < -0.39 is 11.6 Å². The van der Waals surface area contributed by atoms with Crippen LogP contribution >= 0.6 is 11.6 Å². The number of carbonyl (C=O) groups excluding carboxylic acids is 1. The van der Waals surface area contributed by atoms with Gasteiger partial charge < -0.3 is 24.5 Å². The molecule has 1 amide bonds. The van der Waals surface area contributed by atoms with Crippen molar-refractivity contribution in [1.29, 1.82) is 0 Å². The van der Waals surface area contributed by atoms with Crippen LogP contribution in [0.1, 0.15) is 75.7 Å². The molecule has 3 heterocycles. The molecule has 0 aromatic heterocycles. The average molecular weight is 706 g/mol. The second-order valence-corrected chi connectivity index (χ2v) is 16.6. The normalized spacial score (nSPS) is 23.7. The van der Waals surface area contributed by atoms with Gasteiger partial charge in [-0.2, -0.15) is 0 Å². The summed E-state index contributed by atoms with van der Waals surface area (Å²) < 4.78 is 5.60. The number of halogens is 1. The molecule has 0 unspecified atom stereocenters. The molecule has 3 saturated heterocycles. The largest absolute Gasteiger partial charge is 0.478 e. The van der Waals surface area contributed by atoms with Gasteiger partial charge in [0.2, 0.25) is 0 Å². The number of aromatic carboxylic acids is 1. The van der Waals surface area contributed by atoms with Gasteiger partial charge in [0.25, 0.3) is 0 Å². The Morgan fingerprint density at radius 3 is 2.10 bits per heavy atom. The number of hydrogen-bond acceptors (Lipinski definition) is 7. The molecule has 50 heavy (non-hydrogen) atoms. The zero-order valence-electron chi connectivity index (χ0n) is 30.5. The van der Waals surface area contributed by atoms with E-state index >= 15 is 0 Å². The Bertz CT molecular complexity index is 1500. The number of anilines is 1. The van der Waals surface area contributed by atoms with Crippen LogP contribution in [0.3, 0.4) is 0 Å². The summed E-state index contributed by atoms with van der Waals surface area (Å²) in [6, 6.07) is 16.3. The maximum atomic E-state index is 12.6. The molecule has 0 spiro atoms. The lowest BCUT2D eigenvalue weighted by Gasteiger charge is -2.46. The molecular weight excluding hydrogens is 650 g/mol. The molecule has 2 aromatic carbocycles. The molecule has 1 atom stereocenters. The molecule has 0 saturated carbocycles.